The Balaban J connectivity index is 0.000000231. The monoisotopic (exact) mass is 141 g/mol. The number of rotatable bonds is 0. The van der Waals surface area contributed by atoms with Crippen LogP contribution in [-0.4, -0.2) is 24.0 Å². The molecule has 0 aromatic carbocycles. The van der Waals surface area contributed by atoms with E-state index < -0.39 is 0 Å². The van der Waals surface area contributed by atoms with Gasteiger partial charge < -0.3 is 4.90 Å². The summed E-state index contributed by atoms with van der Waals surface area (Å²) >= 11 is 0. The summed E-state index contributed by atoms with van der Waals surface area (Å²) in [7, 11) is 0. The molecule has 2 heterocycles. The summed E-state index contributed by atoms with van der Waals surface area (Å²) in [6.45, 7) is 6.79. The van der Waals surface area contributed by atoms with E-state index in [0.29, 0.717) is 0 Å². The molecule has 1 nitrogen and oxygen atoms in total. The molecule has 2 saturated heterocycles. The highest BCUT2D eigenvalue weighted by Crippen LogP contribution is 2.26. The van der Waals surface area contributed by atoms with Gasteiger partial charge in [0.15, 0.2) is 0 Å². The molecule has 0 amide bonds. The molecule has 2 aliphatic rings. The lowest BCUT2D eigenvalue weighted by Gasteiger charge is -2.11. The lowest BCUT2D eigenvalue weighted by molar-refractivity contribution is 0.325. The number of hydrogen-bond acceptors (Lipinski definition) is 1. The predicted octanol–water partition coefficient (Wildman–Crippen LogP) is 2.27. The standard InChI is InChI=1S/C7H13N.C2H6/c1-3-7-4-2-6-8(7)5-1;1-2/h7H,1-6H2;1-2H3. The summed E-state index contributed by atoms with van der Waals surface area (Å²) in [4.78, 5) is 2.64. The summed E-state index contributed by atoms with van der Waals surface area (Å²) < 4.78 is 0. The van der Waals surface area contributed by atoms with Crippen LogP contribution in [0.5, 0.6) is 0 Å². The molecule has 0 aromatic heterocycles. The zero-order chi connectivity index (χ0) is 7.40. The molecule has 10 heavy (non-hydrogen) atoms. The van der Waals surface area contributed by atoms with Crippen LogP contribution in [-0.2, 0) is 0 Å². The minimum atomic E-state index is 1.01. The van der Waals surface area contributed by atoms with Crippen LogP contribution in [0.15, 0.2) is 0 Å². The Hall–Kier alpha value is -0.0400. The van der Waals surface area contributed by atoms with E-state index in [1.807, 2.05) is 13.8 Å². The Bertz CT molecular complexity index is 70.7. The average molecular weight is 141 g/mol. The van der Waals surface area contributed by atoms with Gasteiger partial charge in [0.25, 0.3) is 0 Å². The smallest absolute Gasteiger partial charge is 0.00962 e. The van der Waals surface area contributed by atoms with Gasteiger partial charge in [0.2, 0.25) is 0 Å². The van der Waals surface area contributed by atoms with Crippen LogP contribution in [0.25, 0.3) is 0 Å². The van der Waals surface area contributed by atoms with Gasteiger partial charge in [-0.15, -0.1) is 0 Å². The summed E-state index contributed by atoms with van der Waals surface area (Å²) in [6, 6.07) is 1.01. The van der Waals surface area contributed by atoms with Crippen LogP contribution < -0.4 is 0 Å². The zero-order valence-electron chi connectivity index (χ0n) is 7.27. The Morgan fingerprint density at radius 3 is 1.90 bits per heavy atom. The SMILES string of the molecule is C1CC2CCCN2C1.CC. The quantitative estimate of drug-likeness (QED) is 0.500. The first-order valence-corrected chi connectivity index (χ1v) is 4.71. The van der Waals surface area contributed by atoms with Crippen molar-refractivity contribution in [1.29, 1.82) is 0 Å². The van der Waals surface area contributed by atoms with E-state index in [0.717, 1.165) is 6.04 Å². The molecule has 0 atom stereocenters. The molecular formula is C9H19N. The second kappa shape index (κ2) is 3.97. The molecular weight excluding hydrogens is 122 g/mol. The molecule has 2 aliphatic heterocycles. The molecule has 0 spiro atoms. The summed E-state index contributed by atoms with van der Waals surface area (Å²) in [5.41, 5.74) is 0. The predicted molar refractivity (Wildman–Crippen MR) is 45.2 cm³/mol. The fourth-order valence-corrected chi connectivity index (χ4v) is 2.05. The van der Waals surface area contributed by atoms with Gasteiger partial charge in [0.1, 0.15) is 0 Å². The van der Waals surface area contributed by atoms with Crippen LogP contribution in [0.4, 0.5) is 0 Å². The lowest BCUT2D eigenvalue weighted by atomic mass is 10.2. The Kier molecular flexibility index (Phi) is 3.20. The molecule has 60 valence electrons. The van der Waals surface area contributed by atoms with Crippen molar-refractivity contribution >= 4 is 0 Å². The number of nitrogens with zero attached hydrogens (tertiary/aromatic N) is 1. The molecule has 0 unspecified atom stereocenters. The first kappa shape index (κ1) is 8.06. The van der Waals surface area contributed by atoms with Crippen LogP contribution in [0, 0.1) is 0 Å². The average Bonchev–Trinajstić information content (AvgIpc) is 2.49. The molecule has 0 aromatic rings. The molecule has 0 aliphatic carbocycles. The van der Waals surface area contributed by atoms with E-state index in [-0.39, 0.29) is 0 Å². The largest absolute Gasteiger partial charge is 0.300 e. The highest BCUT2D eigenvalue weighted by atomic mass is 15.2. The van der Waals surface area contributed by atoms with Crippen molar-refractivity contribution < 1.29 is 0 Å². The van der Waals surface area contributed by atoms with Gasteiger partial charge >= 0.3 is 0 Å². The lowest BCUT2D eigenvalue weighted by Crippen LogP contribution is -2.21. The zero-order valence-corrected chi connectivity index (χ0v) is 7.27. The maximum atomic E-state index is 2.64. The van der Waals surface area contributed by atoms with Crippen molar-refractivity contribution in [2.75, 3.05) is 13.1 Å². The van der Waals surface area contributed by atoms with Crippen LogP contribution in [0.1, 0.15) is 39.5 Å². The fraction of sp³-hybridized carbons (Fsp3) is 1.00. The molecule has 2 rings (SSSR count). The van der Waals surface area contributed by atoms with E-state index >= 15 is 0 Å². The molecule has 0 bridgehead atoms. The molecule has 0 radical (unpaired) electrons. The normalized spacial score (nSPS) is 25.8. The van der Waals surface area contributed by atoms with Crippen LogP contribution in [0.3, 0.4) is 0 Å². The molecule has 0 saturated carbocycles. The van der Waals surface area contributed by atoms with Crippen molar-refractivity contribution in [3.63, 3.8) is 0 Å². The maximum Gasteiger partial charge on any atom is 0.00962 e. The first-order valence-electron chi connectivity index (χ1n) is 4.71. The van der Waals surface area contributed by atoms with Gasteiger partial charge in [0.05, 0.1) is 0 Å². The minimum absolute atomic E-state index is 1.01. The third-order valence-electron chi connectivity index (χ3n) is 2.48. The second-order valence-electron chi connectivity index (χ2n) is 2.97. The summed E-state index contributed by atoms with van der Waals surface area (Å²) in [5.74, 6) is 0. The van der Waals surface area contributed by atoms with E-state index in [1.54, 1.807) is 0 Å². The third-order valence-corrected chi connectivity index (χ3v) is 2.48. The van der Waals surface area contributed by atoms with Crippen molar-refractivity contribution in [2.45, 2.75) is 45.6 Å². The van der Waals surface area contributed by atoms with E-state index in [2.05, 4.69) is 4.90 Å². The Morgan fingerprint density at radius 1 is 1.00 bits per heavy atom. The van der Waals surface area contributed by atoms with Crippen molar-refractivity contribution in [1.82, 2.24) is 4.90 Å². The highest BCUT2D eigenvalue weighted by molar-refractivity contribution is 4.84. The Morgan fingerprint density at radius 2 is 1.50 bits per heavy atom. The number of fused-ring (bicyclic) bond motifs is 1. The Labute approximate surface area is 64.4 Å². The highest BCUT2D eigenvalue weighted by Gasteiger charge is 2.27. The minimum Gasteiger partial charge on any atom is -0.300 e. The topological polar surface area (TPSA) is 3.24 Å². The van der Waals surface area contributed by atoms with Crippen LogP contribution in [0.2, 0.25) is 0 Å². The van der Waals surface area contributed by atoms with Gasteiger partial charge in [-0.2, -0.15) is 0 Å². The molecule has 1 heteroatoms. The van der Waals surface area contributed by atoms with Gasteiger partial charge in [-0.25, -0.2) is 0 Å². The van der Waals surface area contributed by atoms with Crippen molar-refractivity contribution in [3.8, 4) is 0 Å². The van der Waals surface area contributed by atoms with Crippen molar-refractivity contribution in [3.05, 3.63) is 0 Å². The summed E-state index contributed by atoms with van der Waals surface area (Å²) in [6.07, 6.45) is 5.90. The van der Waals surface area contributed by atoms with Crippen LogP contribution >= 0.6 is 0 Å². The maximum absolute atomic E-state index is 2.64. The molecule has 2 fully saturated rings. The van der Waals surface area contributed by atoms with Gasteiger partial charge in [0, 0.05) is 6.04 Å². The number of hydrogen-bond donors (Lipinski definition) is 0. The van der Waals surface area contributed by atoms with E-state index in [1.165, 1.54) is 38.8 Å². The summed E-state index contributed by atoms with van der Waals surface area (Å²) in [5, 5.41) is 0. The van der Waals surface area contributed by atoms with Gasteiger partial charge in [-0.1, -0.05) is 13.8 Å². The molecule has 0 N–H and O–H groups in total. The van der Waals surface area contributed by atoms with Gasteiger partial charge in [-0.05, 0) is 38.8 Å². The van der Waals surface area contributed by atoms with E-state index in [4.69, 9.17) is 0 Å². The third kappa shape index (κ3) is 1.51. The first-order chi connectivity index (χ1) is 4.97. The van der Waals surface area contributed by atoms with E-state index in [9.17, 15) is 0 Å². The van der Waals surface area contributed by atoms with Crippen molar-refractivity contribution in [2.24, 2.45) is 0 Å². The fourth-order valence-electron chi connectivity index (χ4n) is 2.05. The van der Waals surface area contributed by atoms with Gasteiger partial charge in [-0.3, -0.25) is 0 Å². The second-order valence-corrected chi connectivity index (χ2v) is 2.97.